The van der Waals surface area contributed by atoms with Crippen molar-refractivity contribution in [2.24, 2.45) is 0 Å². The van der Waals surface area contributed by atoms with E-state index >= 15 is 0 Å². The zero-order chi connectivity index (χ0) is 29.8. The monoisotopic (exact) mass is 1060 g/mol. The van der Waals surface area contributed by atoms with Crippen molar-refractivity contribution in [2.45, 2.75) is 12.8 Å². The molecule has 206 valence electrons. The fourth-order valence-corrected chi connectivity index (χ4v) is 10.1. The Balaban J connectivity index is 1.55. The maximum Gasteiger partial charge on any atom is 0.267 e. The van der Waals surface area contributed by atoms with Gasteiger partial charge in [-0.15, -0.1) is 0 Å². The first-order valence-corrected chi connectivity index (χ1v) is 17.7. The second-order valence-corrected chi connectivity index (χ2v) is 15.5. The van der Waals surface area contributed by atoms with Crippen LogP contribution in [0.25, 0.3) is 10.9 Å². The molecule has 0 N–H and O–H groups in total. The summed E-state index contributed by atoms with van der Waals surface area (Å²) in [6.07, 6.45) is 0. The summed E-state index contributed by atoms with van der Waals surface area (Å²) in [5.74, 6) is -3.08. The molecule has 0 radical (unpaired) electrons. The zero-order valence-corrected chi connectivity index (χ0v) is 32.6. The Morgan fingerprint density at radius 2 is 1.07 bits per heavy atom. The molecule has 3 aromatic carbocycles. The highest BCUT2D eigenvalue weighted by Gasteiger charge is 2.46. The minimum absolute atomic E-state index is 0.198. The van der Waals surface area contributed by atoms with E-state index in [0.29, 0.717) is 46.7 Å². The molecule has 1 aliphatic carbocycles. The van der Waals surface area contributed by atoms with Crippen LogP contribution in [0.1, 0.15) is 58.6 Å². The number of hydrogen-bond donors (Lipinski definition) is 0. The quantitative estimate of drug-likeness (QED) is 0.0864. The molecule has 0 fully saturated rings. The van der Waals surface area contributed by atoms with Crippen LogP contribution in [-0.2, 0) is 0 Å². The highest BCUT2D eigenvalue weighted by Crippen LogP contribution is 2.49. The molecule has 2 amide bonds. The standard InChI is InChI=1S/C27H8Br8N2O4/c1-6-5-8(10-24(38)11-12(25(10)39)16(29)20(33)19(32)15(11)28)36-23-7(6)3-2-4-9(23)37-26(40)13-14(27(37)41)18(31)22(35)21(34)17(13)30/h2-5,10H,1H3. The molecule has 0 unspecified atom stereocenters. The smallest absolute Gasteiger partial charge is 0.267 e. The fraction of sp³-hybridized carbons (Fsp3) is 0.0741. The Hall–Kier alpha value is -0.610. The number of benzene rings is 3. The third kappa shape index (κ3) is 4.28. The van der Waals surface area contributed by atoms with Gasteiger partial charge in [0.15, 0.2) is 11.6 Å². The highest BCUT2D eigenvalue weighted by molar-refractivity contribution is 9.15. The Kier molecular flexibility index (Phi) is 8.00. The summed E-state index contributed by atoms with van der Waals surface area (Å²) in [6, 6.07) is 6.88. The van der Waals surface area contributed by atoms with Crippen LogP contribution in [0.5, 0.6) is 0 Å². The van der Waals surface area contributed by atoms with Crippen molar-refractivity contribution in [2.75, 3.05) is 4.90 Å². The van der Waals surface area contributed by atoms with E-state index in [1.165, 1.54) is 0 Å². The number of imide groups is 1. The molecule has 2 heterocycles. The zero-order valence-electron chi connectivity index (χ0n) is 19.9. The summed E-state index contributed by atoms with van der Waals surface area (Å²) in [4.78, 5) is 60.9. The van der Waals surface area contributed by atoms with Crippen molar-refractivity contribution in [3.05, 3.63) is 93.6 Å². The Morgan fingerprint density at radius 3 is 1.54 bits per heavy atom. The van der Waals surface area contributed by atoms with Crippen LogP contribution >= 0.6 is 127 Å². The average Bonchev–Trinajstić information content (AvgIpc) is 3.36. The summed E-state index contributed by atoms with van der Waals surface area (Å²) in [5.41, 5.74) is 2.42. The number of Topliss-reactive ketones (excluding diaryl/α,β-unsaturated/α-hetero) is 2. The molecule has 4 aromatic rings. The minimum atomic E-state index is -1.20. The molecule has 14 heteroatoms. The van der Waals surface area contributed by atoms with Gasteiger partial charge in [0, 0.05) is 52.3 Å². The van der Waals surface area contributed by atoms with E-state index in [4.69, 9.17) is 4.98 Å². The van der Waals surface area contributed by atoms with Crippen molar-refractivity contribution in [1.82, 2.24) is 4.98 Å². The van der Waals surface area contributed by atoms with Gasteiger partial charge >= 0.3 is 0 Å². The van der Waals surface area contributed by atoms with E-state index in [-0.39, 0.29) is 33.6 Å². The number of carbonyl (C=O) groups is 4. The maximum absolute atomic E-state index is 13.8. The number of fused-ring (bicyclic) bond motifs is 3. The van der Waals surface area contributed by atoms with Gasteiger partial charge in [-0.05, 0) is 152 Å². The molecular weight excluding hydrogens is 1060 g/mol. The third-order valence-corrected chi connectivity index (χ3v) is 16.5. The predicted molar refractivity (Wildman–Crippen MR) is 184 cm³/mol. The number of nitrogens with zero attached hydrogens (tertiary/aromatic N) is 2. The lowest BCUT2D eigenvalue weighted by molar-refractivity contribution is 0.0881. The number of rotatable bonds is 2. The van der Waals surface area contributed by atoms with Crippen LogP contribution in [0.4, 0.5) is 5.69 Å². The van der Waals surface area contributed by atoms with E-state index < -0.39 is 29.3 Å². The summed E-state index contributed by atoms with van der Waals surface area (Å²) >= 11 is 27.6. The second kappa shape index (κ2) is 10.8. The van der Waals surface area contributed by atoms with Crippen LogP contribution in [0, 0.1) is 6.92 Å². The number of carbonyl (C=O) groups excluding carboxylic acids is 4. The lowest BCUT2D eigenvalue weighted by Gasteiger charge is -2.18. The first-order valence-electron chi connectivity index (χ1n) is 11.4. The van der Waals surface area contributed by atoms with Crippen LogP contribution in [0.2, 0.25) is 0 Å². The topological polar surface area (TPSA) is 84.4 Å². The number of aromatic nitrogens is 1. The molecule has 41 heavy (non-hydrogen) atoms. The van der Waals surface area contributed by atoms with E-state index in [2.05, 4.69) is 127 Å². The van der Waals surface area contributed by atoms with E-state index in [1.54, 1.807) is 18.2 Å². The molecule has 0 saturated heterocycles. The second-order valence-electron chi connectivity index (χ2n) is 9.16. The summed E-state index contributed by atoms with van der Waals surface area (Å²) in [6.45, 7) is 1.83. The van der Waals surface area contributed by atoms with Gasteiger partial charge in [-0.3, -0.25) is 19.2 Å². The Morgan fingerprint density at radius 1 is 0.634 bits per heavy atom. The van der Waals surface area contributed by atoms with Crippen molar-refractivity contribution in [3.8, 4) is 0 Å². The Bertz CT molecular complexity index is 1900. The molecule has 1 aliphatic heterocycles. The SMILES string of the molecule is Cc1cc(C2C(=O)c3c(Br)c(Br)c(Br)c(Br)c3C2=O)nc2c(N3C(=O)c4c(Br)c(Br)c(Br)c(Br)c4C3=O)cccc12. The first-order chi connectivity index (χ1) is 19.3. The van der Waals surface area contributed by atoms with Crippen LogP contribution in [-0.4, -0.2) is 28.4 Å². The average molecular weight is 1060 g/mol. The molecular formula is C27H8Br8N2O4. The molecule has 0 atom stereocenters. The number of halogens is 8. The summed E-state index contributed by atoms with van der Waals surface area (Å²) in [5, 5.41) is 0.673. The number of anilines is 1. The van der Waals surface area contributed by atoms with E-state index in [9.17, 15) is 19.2 Å². The van der Waals surface area contributed by atoms with Gasteiger partial charge in [0.2, 0.25) is 0 Å². The van der Waals surface area contributed by atoms with Gasteiger partial charge in [-0.25, -0.2) is 9.88 Å². The third-order valence-electron chi connectivity index (χ3n) is 6.97. The maximum atomic E-state index is 13.8. The van der Waals surface area contributed by atoms with Crippen molar-refractivity contribution in [1.29, 1.82) is 0 Å². The van der Waals surface area contributed by atoms with Crippen LogP contribution in [0.3, 0.4) is 0 Å². The Labute approximate surface area is 299 Å². The lowest BCUT2D eigenvalue weighted by Crippen LogP contribution is -2.30. The largest absolute Gasteiger partial charge is 0.293 e. The number of pyridine rings is 1. The normalized spacial score (nSPS) is 15.0. The number of aryl methyl sites for hydroxylation is 1. The number of amides is 2. The van der Waals surface area contributed by atoms with E-state index in [1.807, 2.05) is 13.0 Å². The minimum Gasteiger partial charge on any atom is -0.293 e. The number of hydrogen-bond acceptors (Lipinski definition) is 5. The number of ketones is 2. The van der Waals surface area contributed by atoms with Crippen molar-refractivity contribution in [3.63, 3.8) is 0 Å². The van der Waals surface area contributed by atoms with Gasteiger partial charge in [0.25, 0.3) is 11.8 Å². The van der Waals surface area contributed by atoms with Crippen LogP contribution < -0.4 is 4.90 Å². The molecule has 2 aliphatic rings. The summed E-state index contributed by atoms with van der Waals surface area (Å²) in [7, 11) is 0. The first kappa shape index (κ1) is 30.4. The van der Waals surface area contributed by atoms with Gasteiger partial charge in [-0.1, -0.05) is 12.1 Å². The molecule has 0 bridgehead atoms. The van der Waals surface area contributed by atoms with Crippen LogP contribution in [0.15, 0.2) is 60.0 Å². The molecule has 0 spiro atoms. The van der Waals surface area contributed by atoms with Crippen molar-refractivity contribution < 1.29 is 19.2 Å². The van der Waals surface area contributed by atoms with E-state index in [0.717, 1.165) is 10.5 Å². The van der Waals surface area contributed by atoms with Gasteiger partial charge < -0.3 is 0 Å². The molecule has 1 aromatic heterocycles. The van der Waals surface area contributed by atoms with Crippen molar-refractivity contribution >= 4 is 167 Å². The lowest BCUT2D eigenvalue weighted by atomic mass is 9.96. The highest BCUT2D eigenvalue weighted by atomic mass is 79.9. The van der Waals surface area contributed by atoms with Gasteiger partial charge in [0.05, 0.1) is 28.0 Å². The number of para-hydroxylation sites is 1. The molecule has 0 saturated carbocycles. The fourth-order valence-electron chi connectivity index (χ4n) is 5.10. The van der Waals surface area contributed by atoms with Gasteiger partial charge in [0.1, 0.15) is 5.92 Å². The molecule has 6 nitrogen and oxygen atoms in total. The molecule has 6 rings (SSSR count). The van der Waals surface area contributed by atoms with Gasteiger partial charge in [-0.2, -0.15) is 0 Å². The summed E-state index contributed by atoms with van der Waals surface area (Å²) < 4.78 is 4.13. The predicted octanol–water partition coefficient (Wildman–Crippen LogP) is 10.6.